The Balaban J connectivity index is 1.97. The number of allylic oxidation sites excluding steroid dienone is 1. The molecular weight excluding hydrogens is 348 g/mol. The Morgan fingerprint density at radius 1 is 1.04 bits per heavy atom. The molecule has 2 nitrogen and oxygen atoms in total. The van der Waals surface area contributed by atoms with Gasteiger partial charge in [0.15, 0.2) is 11.5 Å². The number of benzene rings is 1. The van der Waals surface area contributed by atoms with Crippen LogP contribution in [0.5, 0.6) is 11.5 Å². The quantitative estimate of drug-likeness (QED) is 0.382. The maximum Gasteiger partial charge on any atom is 0.419 e. The third kappa shape index (κ3) is 5.64. The second-order valence-corrected chi connectivity index (χ2v) is 6.72. The van der Waals surface area contributed by atoms with Gasteiger partial charge in [-0.05, 0) is 56.6 Å². The fourth-order valence-electron chi connectivity index (χ4n) is 3.37. The van der Waals surface area contributed by atoms with E-state index >= 15 is 0 Å². The average molecular weight is 374 g/mol. The summed E-state index contributed by atoms with van der Waals surface area (Å²) in [5.41, 5.74) is 0. The Kier molecular flexibility index (Phi) is 7.35. The molecule has 2 rings (SSSR count). The molecule has 0 N–H and O–H groups in total. The molecule has 0 saturated heterocycles. The van der Waals surface area contributed by atoms with Gasteiger partial charge in [-0.25, -0.2) is 0 Å². The van der Waals surface area contributed by atoms with Crippen LogP contribution in [0, 0.1) is 23.5 Å². The summed E-state index contributed by atoms with van der Waals surface area (Å²) in [5, 5.41) is 0. The lowest BCUT2D eigenvalue weighted by Crippen LogP contribution is -2.23. The van der Waals surface area contributed by atoms with E-state index in [1.165, 1.54) is 12.5 Å². The van der Waals surface area contributed by atoms with E-state index in [1.807, 2.05) is 0 Å². The van der Waals surface area contributed by atoms with Gasteiger partial charge in [0.1, 0.15) is 0 Å². The van der Waals surface area contributed by atoms with Crippen LogP contribution in [0.25, 0.3) is 0 Å². The van der Waals surface area contributed by atoms with E-state index in [9.17, 15) is 17.6 Å². The van der Waals surface area contributed by atoms with Crippen LogP contribution in [0.1, 0.15) is 52.4 Å². The highest BCUT2D eigenvalue weighted by atomic mass is 19.3. The van der Waals surface area contributed by atoms with Crippen LogP contribution in [0.15, 0.2) is 24.3 Å². The fraction of sp³-hybridized carbons (Fsp3) is 0.600. The Bertz CT molecular complexity index is 608. The van der Waals surface area contributed by atoms with Crippen molar-refractivity contribution in [3.8, 4) is 11.5 Å². The largest absolute Gasteiger partial charge is 0.491 e. The SMILES string of the molecule is CCCC1CCC(/C=C/C(F)(F)Oc2ccc(OCC)c(F)c2F)CC1. The summed E-state index contributed by atoms with van der Waals surface area (Å²) < 4.78 is 64.9. The fourth-order valence-corrected chi connectivity index (χ4v) is 3.37. The second kappa shape index (κ2) is 9.28. The summed E-state index contributed by atoms with van der Waals surface area (Å²) >= 11 is 0. The van der Waals surface area contributed by atoms with E-state index in [4.69, 9.17) is 4.74 Å². The van der Waals surface area contributed by atoms with Crippen LogP contribution >= 0.6 is 0 Å². The van der Waals surface area contributed by atoms with Crippen LogP contribution < -0.4 is 9.47 Å². The number of hydrogen-bond acceptors (Lipinski definition) is 2. The molecule has 1 aliphatic carbocycles. The second-order valence-electron chi connectivity index (χ2n) is 6.72. The molecule has 0 unspecified atom stereocenters. The van der Waals surface area contributed by atoms with Gasteiger partial charge >= 0.3 is 6.11 Å². The van der Waals surface area contributed by atoms with Crippen molar-refractivity contribution >= 4 is 0 Å². The van der Waals surface area contributed by atoms with Gasteiger partial charge < -0.3 is 9.47 Å². The zero-order valence-corrected chi connectivity index (χ0v) is 15.2. The molecule has 1 aromatic rings. The predicted octanol–water partition coefficient (Wildman–Crippen LogP) is 6.50. The first-order valence-corrected chi connectivity index (χ1v) is 9.23. The molecule has 1 aromatic carbocycles. The normalized spacial score (nSPS) is 21.2. The highest BCUT2D eigenvalue weighted by molar-refractivity contribution is 5.35. The number of rotatable bonds is 8. The molecule has 6 heteroatoms. The molecule has 0 aliphatic heterocycles. The highest BCUT2D eigenvalue weighted by Gasteiger charge is 2.31. The number of alkyl halides is 2. The van der Waals surface area contributed by atoms with Crippen molar-refractivity contribution in [2.24, 2.45) is 11.8 Å². The van der Waals surface area contributed by atoms with Crippen molar-refractivity contribution in [3.63, 3.8) is 0 Å². The van der Waals surface area contributed by atoms with Gasteiger partial charge in [0.2, 0.25) is 11.6 Å². The predicted molar refractivity (Wildman–Crippen MR) is 92.6 cm³/mol. The number of halogens is 4. The summed E-state index contributed by atoms with van der Waals surface area (Å²) in [6, 6.07) is 2.02. The van der Waals surface area contributed by atoms with Crippen LogP contribution in [-0.4, -0.2) is 12.7 Å². The van der Waals surface area contributed by atoms with Gasteiger partial charge in [0.05, 0.1) is 6.61 Å². The van der Waals surface area contributed by atoms with E-state index in [-0.39, 0.29) is 18.3 Å². The summed E-state index contributed by atoms with van der Waals surface area (Å²) in [7, 11) is 0. The van der Waals surface area contributed by atoms with Crippen LogP contribution in [0.4, 0.5) is 17.6 Å². The van der Waals surface area contributed by atoms with Gasteiger partial charge in [-0.1, -0.05) is 25.8 Å². The average Bonchev–Trinajstić information content (AvgIpc) is 2.61. The molecule has 0 spiro atoms. The first-order chi connectivity index (χ1) is 12.4. The minimum Gasteiger partial charge on any atom is -0.491 e. The van der Waals surface area contributed by atoms with Crippen molar-refractivity contribution in [2.45, 2.75) is 58.5 Å². The number of ether oxygens (including phenoxy) is 2. The minimum atomic E-state index is -3.71. The summed E-state index contributed by atoms with van der Waals surface area (Å²) in [6.45, 7) is 3.89. The maximum absolute atomic E-state index is 14.0. The lowest BCUT2D eigenvalue weighted by atomic mass is 9.80. The zero-order valence-electron chi connectivity index (χ0n) is 15.2. The molecule has 0 bridgehead atoms. The molecule has 1 saturated carbocycles. The smallest absolute Gasteiger partial charge is 0.419 e. The number of hydrogen-bond donors (Lipinski definition) is 0. The van der Waals surface area contributed by atoms with Crippen molar-refractivity contribution in [3.05, 3.63) is 35.9 Å². The summed E-state index contributed by atoms with van der Waals surface area (Å²) in [4.78, 5) is 0. The van der Waals surface area contributed by atoms with E-state index in [1.54, 1.807) is 6.92 Å². The third-order valence-electron chi connectivity index (χ3n) is 4.71. The Morgan fingerprint density at radius 3 is 2.27 bits per heavy atom. The molecule has 0 radical (unpaired) electrons. The molecule has 26 heavy (non-hydrogen) atoms. The summed E-state index contributed by atoms with van der Waals surface area (Å²) in [5.74, 6) is -3.24. The standard InChI is InChI=1S/C20H26F4O2/c1-3-5-14-6-8-15(9-7-14)12-13-20(23,24)26-17-11-10-16(25-4-2)18(21)19(17)22/h10-15H,3-9H2,1-2H3/b13-12+. The molecule has 0 heterocycles. The van der Waals surface area contributed by atoms with Crippen molar-refractivity contribution < 1.29 is 27.0 Å². The summed E-state index contributed by atoms with van der Waals surface area (Å²) in [6.07, 6.45) is 4.49. The van der Waals surface area contributed by atoms with Gasteiger partial charge in [0, 0.05) is 6.08 Å². The molecule has 0 amide bonds. The molecule has 0 atom stereocenters. The van der Waals surface area contributed by atoms with Crippen LogP contribution in [0.3, 0.4) is 0 Å². The van der Waals surface area contributed by atoms with Gasteiger partial charge in [-0.2, -0.15) is 17.6 Å². The van der Waals surface area contributed by atoms with Crippen molar-refractivity contribution in [1.82, 2.24) is 0 Å². The zero-order chi connectivity index (χ0) is 19.2. The molecule has 146 valence electrons. The van der Waals surface area contributed by atoms with Crippen molar-refractivity contribution in [1.29, 1.82) is 0 Å². The van der Waals surface area contributed by atoms with E-state index < -0.39 is 23.5 Å². The molecular formula is C20H26F4O2. The molecule has 1 fully saturated rings. The third-order valence-corrected chi connectivity index (χ3v) is 4.71. The lowest BCUT2D eigenvalue weighted by Gasteiger charge is -2.26. The van der Waals surface area contributed by atoms with Gasteiger partial charge in [0.25, 0.3) is 0 Å². The van der Waals surface area contributed by atoms with E-state index in [0.29, 0.717) is 12.0 Å². The Labute approximate surface area is 152 Å². The van der Waals surface area contributed by atoms with Crippen molar-refractivity contribution in [2.75, 3.05) is 6.61 Å². The van der Waals surface area contributed by atoms with Crippen LogP contribution in [0.2, 0.25) is 0 Å². The lowest BCUT2D eigenvalue weighted by molar-refractivity contribution is -0.134. The minimum absolute atomic E-state index is 0.0690. The van der Waals surface area contributed by atoms with Gasteiger partial charge in [-0.15, -0.1) is 0 Å². The highest BCUT2D eigenvalue weighted by Crippen LogP contribution is 2.34. The van der Waals surface area contributed by atoms with E-state index in [2.05, 4.69) is 11.7 Å². The van der Waals surface area contributed by atoms with Crippen LogP contribution in [-0.2, 0) is 0 Å². The topological polar surface area (TPSA) is 18.5 Å². The Morgan fingerprint density at radius 2 is 1.65 bits per heavy atom. The first-order valence-electron chi connectivity index (χ1n) is 9.23. The van der Waals surface area contributed by atoms with E-state index in [0.717, 1.165) is 44.2 Å². The van der Waals surface area contributed by atoms with Gasteiger partial charge in [-0.3, -0.25) is 0 Å². The molecule has 0 aromatic heterocycles. The Hall–Kier alpha value is -1.72. The monoisotopic (exact) mass is 374 g/mol. The maximum atomic E-state index is 14.0. The first kappa shape index (κ1) is 20.6. The molecule has 1 aliphatic rings.